The van der Waals surface area contributed by atoms with Gasteiger partial charge in [-0.05, 0) is 56.7 Å². The van der Waals surface area contributed by atoms with Crippen LogP contribution in [0.4, 0.5) is 5.69 Å². The maximum Gasteiger partial charge on any atom is 0.227 e. The molecule has 6 heteroatoms. The number of rotatable bonds is 5. The van der Waals surface area contributed by atoms with Crippen LogP contribution in [0.5, 0.6) is 5.75 Å². The molecule has 0 spiro atoms. The van der Waals surface area contributed by atoms with E-state index in [-0.39, 0.29) is 23.7 Å². The minimum atomic E-state index is -0.0513. The molecule has 5 nitrogen and oxygen atoms in total. The number of carbonyl (C=O) groups is 2. The fraction of sp³-hybridized carbons (Fsp3) is 0.619. The summed E-state index contributed by atoms with van der Waals surface area (Å²) in [5, 5.41) is 6.63. The van der Waals surface area contributed by atoms with Crippen molar-refractivity contribution in [2.75, 3.05) is 12.4 Å². The first-order valence-corrected chi connectivity index (χ1v) is 10.4. The first-order valence-electron chi connectivity index (χ1n) is 10.0. The Bertz CT molecular complexity index is 665. The molecule has 3 rings (SSSR count). The topological polar surface area (TPSA) is 67.4 Å². The molecule has 0 bridgehead atoms. The molecule has 0 heterocycles. The Balaban J connectivity index is 1.46. The van der Waals surface area contributed by atoms with E-state index >= 15 is 0 Å². The number of hydrogen-bond acceptors (Lipinski definition) is 3. The highest BCUT2D eigenvalue weighted by Crippen LogP contribution is 2.32. The van der Waals surface area contributed by atoms with Crippen molar-refractivity contribution in [3.63, 3.8) is 0 Å². The molecule has 0 unspecified atom stereocenters. The molecular formula is C21H29ClN2O3. The van der Waals surface area contributed by atoms with Crippen LogP contribution in [-0.4, -0.2) is 25.0 Å². The Kier molecular flexibility index (Phi) is 7.00. The van der Waals surface area contributed by atoms with Gasteiger partial charge in [-0.15, -0.1) is 0 Å². The standard InChI is InChI=1S/C21H29ClN2O3/c1-27-19-12-11-17(13-18(19)22)24-21(26)15-9-7-14(8-10-15)20(25)23-16-5-3-2-4-6-16/h11-16H,2-10H2,1H3,(H,23,25)(H,24,26). The number of hydrogen-bond donors (Lipinski definition) is 2. The third kappa shape index (κ3) is 5.38. The third-order valence-electron chi connectivity index (χ3n) is 5.84. The summed E-state index contributed by atoms with van der Waals surface area (Å²) in [4.78, 5) is 25.0. The number of ether oxygens (including phenoxy) is 1. The normalized spacial score (nSPS) is 23.5. The Morgan fingerprint density at radius 2 is 1.59 bits per heavy atom. The number of anilines is 1. The molecule has 2 saturated carbocycles. The number of halogens is 1. The maximum absolute atomic E-state index is 12.5. The van der Waals surface area contributed by atoms with Gasteiger partial charge in [0, 0.05) is 23.6 Å². The van der Waals surface area contributed by atoms with Gasteiger partial charge < -0.3 is 15.4 Å². The third-order valence-corrected chi connectivity index (χ3v) is 6.14. The van der Waals surface area contributed by atoms with E-state index < -0.39 is 0 Å². The van der Waals surface area contributed by atoms with Crippen LogP contribution in [0.25, 0.3) is 0 Å². The van der Waals surface area contributed by atoms with Gasteiger partial charge in [-0.25, -0.2) is 0 Å². The van der Waals surface area contributed by atoms with Gasteiger partial charge in [0.2, 0.25) is 11.8 Å². The number of nitrogens with one attached hydrogen (secondary N) is 2. The number of benzene rings is 1. The Morgan fingerprint density at radius 1 is 0.963 bits per heavy atom. The van der Waals surface area contributed by atoms with E-state index in [0.717, 1.165) is 38.5 Å². The van der Waals surface area contributed by atoms with E-state index in [1.807, 2.05) is 0 Å². The molecule has 27 heavy (non-hydrogen) atoms. The zero-order chi connectivity index (χ0) is 19.2. The lowest BCUT2D eigenvalue weighted by atomic mass is 9.80. The molecule has 2 N–H and O–H groups in total. The minimum absolute atomic E-state index is 0.00220. The van der Waals surface area contributed by atoms with Crippen molar-refractivity contribution < 1.29 is 14.3 Å². The summed E-state index contributed by atoms with van der Waals surface area (Å²) in [6.45, 7) is 0. The lowest BCUT2D eigenvalue weighted by Gasteiger charge is -2.30. The van der Waals surface area contributed by atoms with Crippen LogP contribution in [-0.2, 0) is 9.59 Å². The summed E-state index contributed by atoms with van der Waals surface area (Å²) in [6.07, 6.45) is 8.98. The van der Waals surface area contributed by atoms with Crippen molar-refractivity contribution in [3.8, 4) is 5.75 Å². The second-order valence-electron chi connectivity index (χ2n) is 7.73. The zero-order valence-electron chi connectivity index (χ0n) is 15.9. The largest absolute Gasteiger partial charge is 0.495 e. The molecule has 0 saturated heterocycles. The monoisotopic (exact) mass is 392 g/mol. The van der Waals surface area contributed by atoms with Gasteiger partial charge in [-0.3, -0.25) is 9.59 Å². The van der Waals surface area contributed by atoms with Gasteiger partial charge in [0.05, 0.1) is 12.1 Å². The Hall–Kier alpha value is -1.75. The Morgan fingerprint density at radius 3 is 2.19 bits per heavy atom. The molecule has 2 aliphatic carbocycles. The van der Waals surface area contributed by atoms with E-state index in [0.29, 0.717) is 22.5 Å². The van der Waals surface area contributed by atoms with E-state index in [4.69, 9.17) is 16.3 Å². The van der Waals surface area contributed by atoms with Crippen molar-refractivity contribution in [1.82, 2.24) is 5.32 Å². The van der Waals surface area contributed by atoms with E-state index in [9.17, 15) is 9.59 Å². The number of carbonyl (C=O) groups excluding carboxylic acids is 2. The number of amides is 2. The van der Waals surface area contributed by atoms with Gasteiger partial charge in [-0.2, -0.15) is 0 Å². The smallest absolute Gasteiger partial charge is 0.227 e. The maximum atomic E-state index is 12.5. The number of methoxy groups -OCH3 is 1. The zero-order valence-corrected chi connectivity index (χ0v) is 16.7. The first kappa shape index (κ1) is 20.0. The van der Waals surface area contributed by atoms with Crippen LogP contribution in [0.15, 0.2) is 18.2 Å². The second kappa shape index (κ2) is 9.45. The minimum Gasteiger partial charge on any atom is -0.495 e. The van der Waals surface area contributed by atoms with Crippen LogP contribution in [0.2, 0.25) is 5.02 Å². The molecule has 0 aromatic heterocycles. The molecule has 148 valence electrons. The van der Waals surface area contributed by atoms with Gasteiger partial charge in [0.25, 0.3) is 0 Å². The van der Waals surface area contributed by atoms with Gasteiger partial charge >= 0.3 is 0 Å². The van der Waals surface area contributed by atoms with E-state index in [2.05, 4.69) is 10.6 Å². The molecule has 2 amide bonds. The Labute approximate surface area is 166 Å². The highest BCUT2D eigenvalue weighted by atomic mass is 35.5. The summed E-state index contributed by atoms with van der Waals surface area (Å²) >= 11 is 6.11. The lowest BCUT2D eigenvalue weighted by Crippen LogP contribution is -2.41. The summed E-state index contributed by atoms with van der Waals surface area (Å²) < 4.78 is 5.13. The van der Waals surface area contributed by atoms with Crippen molar-refractivity contribution in [3.05, 3.63) is 23.2 Å². The molecule has 2 aliphatic rings. The van der Waals surface area contributed by atoms with Gasteiger partial charge in [-0.1, -0.05) is 30.9 Å². The highest BCUT2D eigenvalue weighted by Gasteiger charge is 2.31. The highest BCUT2D eigenvalue weighted by molar-refractivity contribution is 6.32. The molecule has 0 radical (unpaired) electrons. The van der Waals surface area contributed by atoms with E-state index in [1.165, 1.54) is 19.3 Å². The molecule has 1 aromatic carbocycles. The van der Waals surface area contributed by atoms with Gasteiger partial charge in [0.15, 0.2) is 0 Å². The molecule has 1 aromatic rings. The summed E-state index contributed by atoms with van der Waals surface area (Å²) in [7, 11) is 1.56. The molecular weight excluding hydrogens is 364 g/mol. The SMILES string of the molecule is COc1ccc(NC(=O)C2CCC(C(=O)NC3CCCCC3)CC2)cc1Cl. The van der Waals surface area contributed by atoms with Gasteiger partial charge in [0.1, 0.15) is 5.75 Å². The average Bonchev–Trinajstić information content (AvgIpc) is 2.69. The van der Waals surface area contributed by atoms with Crippen LogP contribution in [0, 0.1) is 11.8 Å². The summed E-state index contributed by atoms with van der Waals surface area (Å²) in [5.74, 6) is 0.764. The van der Waals surface area contributed by atoms with Crippen molar-refractivity contribution >= 4 is 29.1 Å². The van der Waals surface area contributed by atoms with Crippen molar-refractivity contribution in [2.24, 2.45) is 11.8 Å². The summed E-state index contributed by atoms with van der Waals surface area (Å²) in [6, 6.07) is 5.57. The first-order chi connectivity index (χ1) is 13.1. The fourth-order valence-corrected chi connectivity index (χ4v) is 4.43. The lowest BCUT2D eigenvalue weighted by molar-refractivity contribution is -0.129. The second-order valence-corrected chi connectivity index (χ2v) is 8.14. The predicted octanol–water partition coefficient (Wildman–Crippen LogP) is 4.54. The van der Waals surface area contributed by atoms with Crippen molar-refractivity contribution in [2.45, 2.75) is 63.8 Å². The van der Waals surface area contributed by atoms with Crippen LogP contribution in [0.3, 0.4) is 0 Å². The quantitative estimate of drug-likeness (QED) is 0.772. The molecule has 2 fully saturated rings. The molecule has 0 atom stereocenters. The van der Waals surface area contributed by atoms with Crippen LogP contribution >= 0.6 is 11.6 Å². The van der Waals surface area contributed by atoms with E-state index in [1.54, 1.807) is 25.3 Å². The predicted molar refractivity (Wildman–Crippen MR) is 107 cm³/mol. The molecule has 0 aliphatic heterocycles. The fourth-order valence-electron chi connectivity index (χ4n) is 4.17. The average molecular weight is 393 g/mol. The van der Waals surface area contributed by atoms with Crippen LogP contribution in [0.1, 0.15) is 57.8 Å². The summed E-state index contributed by atoms with van der Waals surface area (Å²) in [5.41, 5.74) is 0.669. The van der Waals surface area contributed by atoms with Crippen molar-refractivity contribution in [1.29, 1.82) is 0 Å². The van der Waals surface area contributed by atoms with Crippen LogP contribution < -0.4 is 15.4 Å².